The van der Waals surface area contributed by atoms with E-state index in [0.717, 1.165) is 42.3 Å². The van der Waals surface area contributed by atoms with Crippen molar-refractivity contribution in [1.29, 1.82) is 0 Å². The Morgan fingerprint density at radius 3 is 2.83 bits per heavy atom. The number of halogens is 1. The number of nitrogens with one attached hydrogen (secondary N) is 2. The molecule has 1 aromatic carbocycles. The number of pyridine rings is 1. The first-order chi connectivity index (χ1) is 14.4. The number of phenolic OH excluding ortho intramolecular Hbond substituents is 1. The minimum atomic E-state index is -0.482. The van der Waals surface area contributed by atoms with Gasteiger partial charge in [-0.2, -0.15) is 5.10 Å². The molecule has 6 nitrogen and oxygen atoms in total. The number of aromatic nitrogens is 3. The van der Waals surface area contributed by atoms with E-state index in [-0.39, 0.29) is 11.3 Å². The van der Waals surface area contributed by atoms with Gasteiger partial charge in [0.15, 0.2) is 5.65 Å². The molecule has 3 N–H and O–H groups in total. The van der Waals surface area contributed by atoms with Crippen molar-refractivity contribution in [2.45, 2.75) is 57.7 Å². The Labute approximate surface area is 175 Å². The Hall–Kier alpha value is -2.51. The van der Waals surface area contributed by atoms with Crippen LogP contribution in [0.3, 0.4) is 0 Å². The Balaban J connectivity index is 1.55. The van der Waals surface area contributed by atoms with Crippen LogP contribution in [0.2, 0.25) is 0 Å². The predicted molar refractivity (Wildman–Crippen MR) is 115 cm³/mol. The molecular formula is C23H28FN5O. The summed E-state index contributed by atoms with van der Waals surface area (Å²) in [5.41, 5.74) is 3.85. The summed E-state index contributed by atoms with van der Waals surface area (Å²) in [5, 5.41) is 21.8. The molecule has 2 fully saturated rings. The fourth-order valence-corrected chi connectivity index (χ4v) is 5.16. The van der Waals surface area contributed by atoms with Gasteiger partial charge in [0.2, 0.25) is 0 Å². The SMILES string of the molecule is Cc1n[nH]c2nc(-c3ccc(O)cc3F)cc(CN3CC4(CCCC4)NC[C@@H]3C)c12. The summed E-state index contributed by atoms with van der Waals surface area (Å²) in [6, 6.07) is 6.59. The van der Waals surface area contributed by atoms with Crippen LogP contribution in [0.15, 0.2) is 24.3 Å². The number of piperazine rings is 1. The third kappa shape index (κ3) is 3.36. The second kappa shape index (κ2) is 7.32. The van der Waals surface area contributed by atoms with Gasteiger partial charge in [-0.3, -0.25) is 10.00 Å². The molecule has 1 saturated carbocycles. The van der Waals surface area contributed by atoms with E-state index in [1.54, 1.807) is 6.07 Å². The molecule has 1 spiro atoms. The van der Waals surface area contributed by atoms with Crippen molar-refractivity contribution in [2.75, 3.05) is 13.1 Å². The van der Waals surface area contributed by atoms with Gasteiger partial charge in [-0.1, -0.05) is 12.8 Å². The van der Waals surface area contributed by atoms with Crippen LogP contribution in [-0.2, 0) is 6.54 Å². The molecular weight excluding hydrogens is 381 g/mol. The molecule has 0 unspecified atom stereocenters. The van der Waals surface area contributed by atoms with Crippen molar-refractivity contribution in [3.8, 4) is 17.0 Å². The van der Waals surface area contributed by atoms with E-state index in [1.807, 2.05) is 13.0 Å². The zero-order valence-corrected chi connectivity index (χ0v) is 17.5. The molecule has 2 aromatic heterocycles. The van der Waals surface area contributed by atoms with Gasteiger partial charge in [0.05, 0.1) is 11.4 Å². The van der Waals surface area contributed by atoms with Crippen molar-refractivity contribution >= 4 is 11.0 Å². The number of phenols is 1. The van der Waals surface area contributed by atoms with E-state index >= 15 is 0 Å². The molecule has 7 heteroatoms. The Kier molecular flexibility index (Phi) is 4.75. The van der Waals surface area contributed by atoms with Crippen LogP contribution >= 0.6 is 0 Å². The van der Waals surface area contributed by atoms with Crippen LogP contribution in [0.5, 0.6) is 5.75 Å². The van der Waals surface area contributed by atoms with Crippen molar-refractivity contribution in [3.63, 3.8) is 0 Å². The Morgan fingerprint density at radius 2 is 2.07 bits per heavy atom. The highest BCUT2D eigenvalue weighted by Gasteiger charge is 2.40. The third-order valence-electron chi connectivity index (χ3n) is 6.86. The number of hydrogen-bond donors (Lipinski definition) is 3. The quantitative estimate of drug-likeness (QED) is 0.612. The lowest BCUT2D eigenvalue weighted by molar-refractivity contribution is 0.0830. The van der Waals surface area contributed by atoms with E-state index in [9.17, 15) is 9.50 Å². The largest absolute Gasteiger partial charge is 0.508 e. The van der Waals surface area contributed by atoms with E-state index in [0.29, 0.717) is 22.9 Å². The third-order valence-corrected chi connectivity index (χ3v) is 6.86. The monoisotopic (exact) mass is 409 g/mol. The summed E-state index contributed by atoms with van der Waals surface area (Å²) in [6.07, 6.45) is 5.05. The van der Waals surface area contributed by atoms with Crippen molar-refractivity contribution < 1.29 is 9.50 Å². The fourth-order valence-electron chi connectivity index (χ4n) is 5.16. The lowest BCUT2D eigenvalue weighted by Gasteiger charge is -2.45. The minimum absolute atomic E-state index is 0.0913. The van der Waals surface area contributed by atoms with Crippen molar-refractivity contribution in [1.82, 2.24) is 25.4 Å². The first kappa shape index (κ1) is 19.5. The zero-order chi connectivity index (χ0) is 20.9. The van der Waals surface area contributed by atoms with Gasteiger partial charge >= 0.3 is 0 Å². The molecule has 30 heavy (non-hydrogen) atoms. The molecule has 0 radical (unpaired) electrons. The van der Waals surface area contributed by atoms with Gasteiger partial charge in [0.25, 0.3) is 0 Å². The lowest BCUT2D eigenvalue weighted by atomic mass is 9.92. The van der Waals surface area contributed by atoms with Gasteiger partial charge in [0.1, 0.15) is 11.6 Å². The standard InChI is InChI=1S/C23H28FN5O/c1-14-11-25-23(7-3-4-8-23)13-29(14)12-16-9-20(18-6-5-17(30)10-19(18)24)26-22-21(16)15(2)27-28-22/h5-6,9-10,14,25,30H,3-4,7-8,11-13H2,1-2H3,(H,26,27,28)/t14-/m0/s1. The fraction of sp³-hybridized carbons (Fsp3) is 0.478. The average molecular weight is 410 g/mol. The summed E-state index contributed by atoms with van der Waals surface area (Å²) in [7, 11) is 0. The van der Waals surface area contributed by atoms with Gasteiger partial charge in [-0.15, -0.1) is 0 Å². The van der Waals surface area contributed by atoms with Crippen LogP contribution in [0.4, 0.5) is 4.39 Å². The molecule has 3 heterocycles. The van der Waals surface area contributed by atoms with Gasteiger partial charge < -0.3 is 10.4 Å². The highest BCUT2D eigenvalue weighted by atomic mass is 19.1. The number of H-pyrrole nitrogens is 1. The zero-order valence-electron chi connectivity index (χ0n) is 17.5. The number of benzene rings is 1. The molecule has 1 atom stereocenters. The number of rotatable bonds is 3. The molecule has 1 saturated heterocycles. The first-order valence-electron chi connectivity index (χ1n) is 10.8. The molecule has 1 aliphatic heterocycles. The number of aromatic amines is 1. The highest BCUT2D eigenvalue weighted by molar-refractivity contribution is 5.84. The van der Waals surface area contributed by atoms with Gasteiger partial charge in [0, 0.05) is 48.2 Å². The minimum Gasteiger partial charge on any atom is -0.508 e. The maximum atomic E-state index is 14.5. The van der Waals surface area contributed by atoms with E-state index in [2.05, 4.69) is 32.3 Å². The van der Waals surface area contributed by atoms with Gasteiger partial charge in [-0.25, -0.2) is 9.37 Å². The predicted octanol–water partition coefficient (Wildman–Crippen LogP) is 3.88. The maximum Gasteiger partial charge on any atom is 0.156 e. The smallest absolute Gasteiger partial charge is 0.156 e. The van der Waals surface area contributed by atoms with Crippen molar-refractivity contribution in [2.24, 2.45) is 0 Å². The van der Waals surface area contributed by atoms with Crippen LogP contribution in [-0.4, -0.2) is 49.9 Å². The lowest BCUT2D eigenvalue weighted by Crippen LogP contribution is -2.62. The summed E-state index contributed by atoms with van der Waals surface area (Å²) in [5.74, 6) is -0.573. The van der Waals surface area contributed by atoms with E-state index < -0.39 is 5.82 Å². The van der Waals surface area contributed by atoms with Crippen LogP contribution in [0.25, 0.3) is 22.3 Å². The van der Waals surface area contributed by atoms with Crippen LogP contribution in [0, 0.1) is 12.7 Å². The van der Waals surface area contributed by atoms with Crippen LogP contribution in [0.1, 0.15) is 43.9 Å². The molecule has 158 valence electrons. The first-order valence-corrected chi connectivity index (χ1v) is 10.8. The summed E-state index contributed by atoms with van der Waals surface area (Å²) in [4.78, 5) is 7.17. The normalized spacial score (nSPS) is 21.6. The molecule has 2 aliphatic rings. The van der Waals surface area contributed by atoms with Gasteiger partial charge in [-0.05, 0) is 50.5 Å². The number of aromatic hydroxyl groups is 1. The average Bonchev–Trinajstić information content (AvgIpc) is 3.32. The highest BCUT2D eigenvalue weighted by Crippen LogP contribution is 2.35. The number of fused-ring (bicyclic) bond motifs is 1. The van der Waals surface area contributed by atoms with E-state index in [4.69, 9.17) is 0 Å². The maximum absolute atomic E-state index is 14.5. The van der Waals surface area contributed by atoms with Crippen LogP contribution < -0.4 is 5.32 Å². The Morgan fingerprint density at radius 1 is 1.27 bits per heavy atom. The number of nitrogens with zero attached hydrogens (tertiary/aromatic N) is 3. The number of hydrogen-bond acceptors (Lipinski definition) is 5. The summed E-state index contributed by atoms with van der Waals surface area (Å²) in [6.45, 7) is 7.02. The molecule has 0 bridgehead atoms. The van der Waals surface area contributed by atoms with E-state index in [1.165, 1.54) is 31.7 Å². The summed E-state index contributed by atoms with van der Waals surface area (Å²) < 4.78 is 14.5. The molecule has 5 rings (SSSR count). The topological polar surface area (TPSA) is 77.1 Å². The second-order valence-corrected chi connectivity index (χ2v) is 8.99. The molecule has 3 aromatic rings. The number of aryl methyl sites for hydroxylation is 1. The second-order valence-electron chi connectivity index (χ2n) is 8.99. The molecule has 0 amide bonds. The summed E-state index contributed by atoms with van der Waals surface area (Å²) >= 11 is 0. The molecule has 1 aliphatic carbocycles. The van der Waals surface area contributed by atoms with Crippen molar-refractivity contribution in [3.05, 3.63) is 41.3 Å². The Bertz CT molecular complexity index is 1090.